The summed E-state index contributed by atoms with van der Waals surface area (Å²) < 4.78 is 0. The van der Waals surface area contributed by atoms with Crippen molar-refractivity contribution < 1.29 is 0 Å². The minimum atomic E-state index is -0.0804. The molecule has 7 aromatic carbocycles. The first-order chi connectivity index (χ1) is 30.2. The van der Waals surface area contributed by atoms with Crippen LogP contribution in [0, 0.1) is 13.8 Å². The summed E-state index contributed by atoms with van der Waals surface area (Å²) in [5.41, 5.74) is 22.2. The smallest absolute Gasteiger partial charge is 0.0518 e. The highest BCUT2D eigenvalue weighted by atomic mass is 15.2. The molecule has 326 valence electrons. The molecule has 0 unspecified atom stereocenters. The van der Waals surface area contributed by atoms with Gasteiger partial charge in [-0.05, 0) is 153 Å². The van der Waals surface area contributed by atoms with Crippen LogP contribution in [-0.2, 0) is 21.7 Å². The van der Waals surface area contributed by atoms with E-state index >= 15 is 0 Å². The minimum absolute atomic E-state index is 0.0193. The number of fused-ring (bicyclic) bond motifs is 3. The van der Waals surface area contributed by atoms with Gasteiger partial charge in [-0.1, -0.05) is 179 Å². The van der Waals surface area contributed by atoms with Gasteiger partial charge in [-0.25, -0.2) is 0 Å². The summed E-state index contributed by atoms with van der Waals surface area (Å²) in [6, 6.07) is 57.3. The van der Waals surface area contributed by atoms with Crippen LogP contribution in [-0.4, -0.2) is 0 Å². The van der Waals surface area contributed by atoms with Gasteiger partial charge in [0.25, 0.3) is 0 Å². The van der Waals surface area contributed by atoms with Gasteiger partial charge in [0.15, 0.2) is 0 Å². The van der Waals surface area contributed by atoms with Gasteiger partial charge >= 0.3 is 0 Å². The molecule has 2 heteroatoms. The van der Waals surface area contributed by atoms with E-state index in [4.69, 9.17) is 0 Å². The van der Waals surface area contributed by atoms with Gasteiger partial charge in [-0.2, -0.15) is 0 Å². The maximum Gasteiger partial charge on any atom is 0.0518 e. The normalized spacial score (nSPS) is 13.7. The molecule has 0 amide bonds. The second-order valence-electron chi connectivity index (χ2n) is 21.6. The van der Waals surface area contributed by atoms with Crippen LogP contribution >= 0.6 is 0 Å². The average molecular weight is 841 g/mol. The molecule has 2 nitrogen and oxygen atoms in total. The van der Waals surface area contributed by atoms with E-state index in [1.54, 1.807) is 0 Å². The Morgan fingerprint density at radius 1 is 0.469 bits per heavy atom. The Bertz CT molecular complexity index is 2780. The number of allylic oxidation sites excluding steroid dienone is 1. The largest absolute Gasteiger partial charge is 0.310 e. The van der Waals surface area contributed by atoms with Crippen molar-refractivity contribution >= 4 is 34.1 Å². The van der Waals surface area contributed by atoms with E-state index in [-0.39, 0.29) is 21.7 Å². The van der Waals surface area contributed by atoms with Crippen LogP contribution < -0.4 is 9.80 Å². The summed E-state index contributed by atoms with van der Waals surface area (Å²) in [6.45, 7) is 32.1. The number of nitrogens with zero attached hydrogens (tertiary/aromatic N) is 2. The summed E-state index contributed by atoms with van der Waals surface area (Å²) in [4.78, 5) is 5.00. The molecule has 0 aliphatic heterocycles. The highest BCUT2D eigenvalue weighted by Gasteiger charge is 2.36. The van der Waals surface area contributed by atoms with E-state index in [1.807, 2.05) is 0 Å². The molecular formula is C62H68N2. The number of benzene rings is 7. The van der Waals surface area contributed by atoms with Crippen LogP contribution in [0.25, 0.3) is 28.0 Å². The molecule has 0 radical (unpaired) electrons. The van der Waals surface area contributed by atoms with Gasteiger partial charge in [0.2, 0.25) is 0 Å². The fraction of sp³-hybridized carbons (Fsp3) is 0.290. The highest BCUT2D eigenvalue weighted by molar-refractivity contribution is 5.96. The number of hydrogen-bond donors (Lipinski definition) is 0. The molecule has 1 aliphatic carbocycles. The second kappa shape index (κ2) is 16.5. The standard InChI is InChI=1S/C62H68N2/c1-15-56(52-40-53-51-23-19-20-24-54(51)62(13,14)55(53)37-41(52)2)64(50-35-29-47(30-36-50)61(10,11)12)58-39-44(43-21-17-16-18-22-43)38-57(42(58)3)63(48-31-25-45(26-32-48)59(4,5)6)49-33-27-46(28-34-49)60(7,8)9/h15-40H,1-14H3/b56-15+. The maximum atomic E-state index is 2.53. The third-order valence-corrected chi connectivity index (χ3v) is 13.6. The number of aryl methyl sites for hydroxylation is 1. The van der Waals surface area contributed by atoms with Crippen LogP contribution in [0.15, 0.2) is 158 Å². The summed E-state index contributed by atoms with van der Waals surface area (Å²) in [7, 11) is 0. The van der Waals surface area contributed by atoms with E-state index in [2.05, 4.69) is 264 Å². The Hall–Kier alpha value is -6.12. The van der Waals surface area contributed by atoms with Crippen molar-refractivity contribution in [2.45, 2.75) is 119 Å². The van der Waals surface area contributed by atoms with Crippen LogP contribution in [0.4, 0.5) is 28.4 Å². The zero-order valence-electron chi connectivity index (χ0n) is 40.9. The SMILES string of the molecule is C/C=C(\c1cc2c(cc1C)C(C)(C)c1ccccc1-2)N(c1ccc(C(C)(C)C)cc1)c1cc(-c2ccccc2)cc(N(c2ccc(C(C)(C)C)cc2)c2ccc(C(C)(C)C)cc2)c1C. The molecule has 0 heterocycles. The van der Waals surface area contributed by atoms with Crippen molar-refractivity contribution in [1.82, 2.24) is 0 Å². The molecule has 0 bridgehead atoms. The number of rotatable bonds is 8. The predicted octanol–water partition coefficient (Wildman–Crippen LogP) is 17.8. The zero-order chi connectivity index (χ0) is 45.9. The van der Waals surface area contributed by atoms with E-state index < -0.39 is 0 Å². The average Bonchev–Trinajstić information content (AvgIpc) is 3.48. The molecule has 8 rings (SSSR count). The first-order valence-electron chi connectivity index (χ1n) is 23.2. The van der Waals surface area contributed by atoms with Crippen molar-refractivity contribution in [3.05, 3.63) is 202 Å². The summed E-state index contributed by atoms with van der Waals surface area (Å²) >= 11 is 0. The molecule has 64 heavy (non-hydrogen) atoms. The van der Waals surface area contributed by atoms with Crippen molar-refractivity contribution in [1.29, 1.82) is 0 Å². The van der Waals surface area contributed by atoms with Gasteiger partial charge in [-0.3, -0.25) is 0 Å². The summed E-state index contributed by atoms with van der Waals surface area (Å²) in [6.07, 6.45) is 2.32. The summed E-state index contributed by atoms with van der Waals surface area (Å²) in [5, 5.41) is 0. The predicted molar refractivity (Wildman–Crippen MR) is 278 cm³/mol. The Morgan fingerprint density at radius 2 is 0.938 bits per heavy atom. The van der Waals surface area contributed by atoms with Gasteiger partial charge < -0.3 is 9.80 Å². The lowest BCUT2D eigenvalue weighted by Crippen LogP contribution is -2.21. The molecule has 0 saturated carbocycles. The quantitative estimate of drug-likeness (QED) is 0.150. The van der Waals surface area contributed by atoms with Crippen molar-refractivity contribution in [3.63, 3.8) is 0 Å². The van der Waals surface area contributed by atoms with Gasteiger partial charge in [0.05, 0.1) is 11.4 Å². The Labute approximate surface area is 385 Å². The molecule has 0 spiro atoms. The number of anilines is 5. The second-order valence-corrected chi connectivity index (χ2v) is 21.6. The molecule has 0 saturated heterocycles. The third-order valence-electron chi connectivity index (χ3n) is 13.6. The Morgan fingerprint density at radius 3 is 1.44 bits per heavy atom. The van der Waals surface area contributed by atoms with E-state index in [1.165, 1.54) is 61.2 Å². The fourth-order valence-corrected chi connectivity index (χ4v) is 9.65. The van der Waals surface area contributed by atoms with Crippen LogP contribution in [0.3, 0.4) is 0 Å². The van der Waals surface area contributed by atoms with Crippen molar-refractivity contribution in [2.24, 2.45) is 0 Å². The molecule has 0 fully saturated rings. The minimum Gasteiger partial charge on any atom is -0.310 e. The monoisotopic (exact) mass is 841 g/mol. The molecule has 0 atom stereocenters. The first-order valence-corrected chi connectivity index (χ1v) is 23.2. The lowest BCUT2D eigenvalue weighted by molar-refractivity contribution is 0.590. The molecule has 0 aromatic heterocycles. The van der Waals surface area contributed by atoms with Crippen LogP contribution in [0.2, 0.25) is 0 Å². The molecule has 0 N–H and O–H groups in total. The van der Waals surface area contributed by atoms with E-state index in [9.17, 15) is 0 Å². The maximum absolute atomic E-state index is 2.53. The van der Waals surface area contributed by atoms with Gasteiger partial charge in [0.1, 0.15) is 0 Å². The fourth-order valence-electron chi connectivity index (χ4n) is 9.65. The third kappa shape index (κ3) is 8.24. The molecule has 1 aliphatic rings. The van der Waals surface area contributed by atoms with Crippen LogP contribution in [0.5, 0.6) is 0 Å². The van der Waals surface area contributed by atoms with Crippen molar-refractivity contribution in [2.75, 3.05) is 9.80 Å². The van der Waals surface area contributed by atoms with Gasteiger partial charge in [0, 0.05) is 33.7 Å². The van der Waals surface area contributed by atoms with E-state index in [0.29, 0.717) is 0 Å². The van der Waals surface area contributed by atoms with Gasteiger partial charge in [-0.15, -0.1) is 0 Å². The highest BCUT2D eigenvalue weighted by Crippen LogP contribution is 2.52. The lowest BCUT2D eigenvalue weighted by Gasteiger charge is -2.35. The van der Waals surface area contributed by atoms with Crippen molar-refractivity contribution in [3.8, 4) is 22.3 Å². The first kappa shape index (κ1) is 44.5. The summed E-state index contributed by atoms with van der Waals surface area (Å²) in [5.74, 6) is 0. The lowest BCUT2D eigenvalue weighted by atomic mass is 9.81. The molecular weight excluding hydrogens is 773 g/mol. The topological polar surface area (TPSA) is 6.48 Å². The zero-order valence-corrected chi connectivity index (χ0v) is 40.9. The number of hydrogen-bond acceptors (Lipinski definition) is 2. The Balaban J connectivity index is 1.42. The van der Waals surface area contributed by atoms with Crippen LogP contribution in [0.1, 0.15) is 128 Å². The molecule has 7 aromatic rings. The Kier molecular flexibility index (Phi) is 11.4. The van der Waals surface area contributed by atoms with E-state index in [0.717, 1.165) is 39.7 Å².